The number of oxazole rings is 1. The molecule has 0 spiro atoms. The van der Waals surface area contributed by atoms with Gasteiger partial charge in [0.2, 0.25) is 0 Å². The van der Waals surface area contributed by atoms with Crippen molar-refractivity contribution in [3.8, 4) is 0 Å². The molecule has 0 amide bonds. The van der Waals surface area contributed by atoms with Crippen molar-refractivity contribution in [2.45, 2.75) is 51.9 Å². The van der Waals surface area contributed by atoms with Gasteiger partial charge in [-0.15, -0.1) is 0 Å². The average molecular weight is 326 g/mol. The Morgan fingerprint density at radius 1 is 1.04 bits per heavy atom. The third-order valence-electron chi connectivity index (χ3n) is 4.41. The summed E-state index contributed by atoms with van der Waals surface area (Å²) < 4.78 is 6.08. The van der Waals surface area contributed by atoms with Gasteiger partial charge in [0, 0.05) is 11.8 Å². The zero-order valence-corrected chi connectivity index (χ0v) is 14.3. The van der Waals surface area contributed by atoms with Gasteiger partial charge in [-0.05, 0) is 43.9 Å². The lowest BCUT2D eigenvalue weighted by atomic mass is 10.0. The van der Waals surface area contributed by atoms with Crippen molar-refractivity contribution in [2.24, 2.45) is 5.73 Å². The first-order valence-corrected chi connectivity index (χ1v) is 8.91. The topological polar surface area (TPSA) is 91.0 Å². The predicted octanol–water partition coefficient (Wildman–Crippen LogP) is 3.97. The molecule has 2 heterocycles. The normalized spacial score (nSPS) is 11.6. The average Bonchev–Trinajstić information content (AvgIpc) is 3.01. The van der Waals surface area contributed by atoms with Crippen molar-refractivity contribution in [1.82, 2.24) is 9.97 Å². The number of benzene rings is 1. The van der Waals surface area contributed by atoms with Gasteiger partial charge in [0.15, 0.2) is 22.8 Å². The lowest BCUT2D eigenvalue weighted by Gasteiger charge is -2.07. The Morgan fingerprint density at radius 2 is 1.92 bits per heavy atom. The van der Waals surface area contributed by atoms with Crippen LogP contribution in [0.3, 0.4) is 0 Å². The molecule has 24 heavy (non-hydrogen) atoms. The van der Waals surface area contributed by atoms with E-state index in [0.717, 1.165) is 73.9 Å². The van der Waals surface area contributed by atoms with Crippen LogP contribution in [0.4, 0.5) is 5.82 Å². The van der Waals surface area contributed by atoms with Crippen LogP contribution in [0.25, 0.3) is 22.0 Å². The molecule has 128 valence electrons. The number of nitrogens with two attached hydrogens (primary N) is 2. The molecule has 0 saturated heterocycles. The summed E-state index contributed by atoms with van der Waals surface area (Å²) in [6.45, 7) is 2.91. The number of pyridine rings is 1. The molecule has 0 radical (unpaired) electrons. The number of aromatic nitrogens is 2. The molecule has 0 aliphatic heterocycles. The van der Waals surface area contributed by atoms with Gasteiger partial charge in [-0.3, -0.25) is 0 Å². The van der Waals surface area contributed by atoms with Gasteiger partial charge in [-0.1, -0.05) is 31.9 Å². The van der Waals surface area contributed by atoms with E-state index < -0.39 is 0 Å². The summed E-state index contributed by atoms with van der Waals surface area (Å²) in [4.78, 5) is 9.12. The molecule has 0 atom stereocenters. The van der Waals surface area contributed by atoms with E-state index in [1.54, 1.807) is 0 Å². The van der Waals surface area contributed by atoms with Crippen LogP contribution in [0, 0.1) is 0 Å². The smallest absolute Gasteiger partial charge is 0.195 e. The highest BCUT2D eigenvalue weighted by Gasteiger charge is 2.16. The van der Waals surface area contributed by atoms with Gasteiger partial charge in [-0.2, -0.15) is 0 Å². The van der Waals surface area contributed by atoms with Crippen LogP contribution in [0.1, 0.15) is 50.5 Å². The van der Waals surface area contributed by atoms with E-state index in [2.05, 4.69) is 23.0 Å². The van der Waals surface area contributed by atoms with E-state index in [1.807, 2.05) is 12.1 Å². The van der Waals surface area contributed by atoms with Gasteiger partial charge in [-0.25, -0.2) is 9.97 Å². The highest BCUT2D eigenvalue weighted by Crippen LogP contribution is 2.32. The van der Waals surface area contributed by atoms with E-state index >= 15 is 0 Å². The van der Waals surface area contributed by atoms with Gasteiger partial charge in [0.1, 0.15) is 0 Å². The van der Waals surface area contributed by atoms with Crippen molar-refractivity contribution < 1.29 is 4.42 Å². The fourth-order valence-corrected chi connectivity index (χ4v) is 3.11. The molecule has 5 nitrogen and oxygen atoms in total. The van der Waals surface area contributed by atoms with Gasteiger partial charge in [0.05, 0.1) is 5.52 Å². The largest absolute Gasteiger partial charge is 0.440 e. The summed E-state index contributed by atoms with van der Waals surface area (Å²) in [5, 5.41) is 1.06. The number of hydrogen-bond acceptors (Lipinski definition) is 5. The van der Waals surface area contributed by atoms with Crippen LogP contribution in [-0.4, -0.2) is 16.5 Å². The standard InChI is InChI=1S/C19H26N4O/c1-2-3-11-15-23-17-18(24-15)16-13(8-5-4-6-12-20)9-7-10-14(16)22-19(17)21/h7,9-10H,2-6,8,11-12,20H2,1H3,(H2,21,22). The van der Waals surface area contributed by atoms with Crippen molar-refractivity contribution >= 4 is 27.8 Å². The molecule has 0 unspecified atom stereocenters. The SMILES string of the molecule is CCCCc1nc2c(N)nc3cccc(CCCCCN)c3c2o1. The number of aryl methyl sites for hydroxylation is 2. The minimum atomic E-state index is 0.448. The van der Waals surface area contributed by atoms with Crippen LogP contribution in [0.15, 0.2) is 22.6 Å². The Kier molecular flexibility index (Phi) is 5.30. The van der Waals surface area contributed by atoms with Gasteiger partial charge >= 0.3 is 0 Å². The first kappa shape index (κ1) is 16.7. The monoisotopic (exact) mass is 326 g/mol. The van der Waals surface area contributed by atoms with E-state index in [4.69, 9.17) is 15.9 Å². The highest BCUT2D eigenvalue weighted by molar-refractivity contribution is 6.06. The minimum Gasteiger partial charge on any atom is -0.440 e. The van der Waals surface area contributed by atoms with E-state index in [9.17, 15) is 0 Å². The number of unbranched alkanes of at least 4 members (excludes halogenated alkanes) is 3. The van der Waals surface area contributed by atoms with Crippen LogP contribution < -0.4 is 11.5 Å². The maximum Gasteiger partial charge on any atom is 0.195 e. The fraction of sp³-hybridized carbons (Fsp3) is 0.474. The fourth-order valence-electron chi connectivity index (χ4n) is 3.11. The maximum atomic E-state index is 6.11. The van der Waals surface area contributed by atoms with Crippen molar-refractivity contribution in [3.63, 3.8) is 0 Å². The van der Waals surface area contributed by atoms with Gasteiger partial charge in [0.25, 0.3) is 0 Å². The number of nitrogen functional groups attached to an aromatic ring is 1. The lowest BCUT2D eigenvalue weighted by Crippen LogP contribution is -1.99. The molecule has 3 aromatic rings. The third-order valence-corrected chi connectivity index (χ3v) is 4.41. The molecule has 3 rings (SSSR count). The number of anilines is 1. The Labute approximate surface area is 142 Å². The second-order valence-corrected chi connectivity index (χ2v) is 6.30. The molecule has 2 aromatic heterocycles. The molecule has 5 heteroatoms. The molecule has 0 fully saturated rings. The Hall–Kier alpha value is -2.14. The van der Waals surface area contributed by atoms with E-state index in [-0.39, 0.29) is 0 Å². The van der Waals surface area contributed by atoms with E-state index in [1.165, 1.54) is 5.56 Å². The first-order valence-electron chi connectivity index (χ1n) is 8.91. The zero-order valence-electron chi connectivity index (χ0n) is 14.3. The zero-order chi connectivity index (χ0) is 16.9. The molecule has 0 saturated carbocycles. The maximum absolute atomic E-state index is 6.11. The second kappa shape index (κ2) is 7.62. The molecule has 1 aromatic carbocycles. The Morgan fingerprint density at radius 3 is 2.71 bits per heavy atom. The number of nitrogens with zero attached hydrogens (tertiary/aromatic N) is 2. The van der Waals surface area contributed by atoms with E-state index in [0.29, 0.717) is 11.3 Å². The van der Waals surface area contributed by atoms with Crippen LogP contribution in [-0.2, 0) is 12.8 Å². The molecule has 0 aliphatic carbocycles. The molecule has 0 aliphatic rings. The summed E-state index contributed by atoms with van der Waals surface area (Å²) in [5.41, 5.74) is 15.3. The van der Waals surface area contributed by atoms with Gasteiger partial charge < -0.3 is 15.9 Å². The molecule has 0 bridgehead atoms. The van der Waals surface area contributed by atoms with Crippen molar-refractivity contribution in [1.29, 1.82) is 0 Å². The van der Waals surface area contributed by atoms with Crippen LogP contribution in [0.5, 0.6) is 0 Å². The number of hydrogen-bond donors (Lipinski definition) is 2. The van der Waals surface area contributed by atoms with Crippen LogP contribution >= 0.6 is 0 Å². The summed E-state index contributed by atoms with van der Waals surface area (Å²) >= 11 is 0. The summed E-state index contributed by atoms with van der Waals surface area (Å²) in [6, 6.07) is 6.17. The summed E-state index contributed by atoms with van der Waals surface area (Å²) in [5.74, 6) is 1.20. The number of fused-ring (bicyclic) bond motifs is 3. The minimum absolute atomic E-state index is 0.448. The van der Waals surface area contributed by atoms with Crippen molar-refractivity contribution in [2.75, 3.05) is 12.3 Å². The lowest BCUT2D eigenvalue weighted by molar-refractivity contribution is 0.519. The quantitative estimate of drug-likeness (QED) is 0.611. The van der Waals surface area contributed by atoms with Crippen LogP contribution in [0.2, 0.25) is 0 Å². The summed E-state index contributed by atoms with van der Waals surface area (Å²) in [6.07, 6.45) is 7.31. The molecular weight excluding hydrogens is 300 g/mol. The second-order valence-electron chi connectivity index (χ2n) is 6.30. The molecular formula is C19H26N4O. The summed E-state index contributed by atoms with van der Waals surface area (Å²) in [7, 11) is 0. The third kappa shape index (κ3) is 3.36. The highest BCUT2D eigenvalue weighted by atomic mass is 16.3. The number of rotatable bonds is 8. The first-order chi connectivity index (χ1) is 11.7. The Balaban J connectivity index is 2.04. The molecule has 4 N–H and O–H groups in total. The van der Waals surface area contributed by atoms with Crippen molar-refractivity contribution in [3.05, 3.63) is 29.7 Å². The predicted molar refractivity (Wildman–Crippen MR) is 98.9 cm³/mol. The Bertz CT molecular complexity index is 825.